The van der Waals surface area contributed by atoms with Crippen molar-refractivity contribution in [3.8, 4) is 11.8 Å². The van der Waals surface area contributed by atoms with E-state index < -0.39 is 0 Å². The minimum Gasteiger partial charge on any atom is -0.481 e. The van der Waals surface area contributed by atoms with Crippen LogP contribution in [0.4, 0.5) is 0 Å². The highest BCUT2D eigenvalue weighted by atomic mass is 16.5. The fourth-order valence-electron chi connectivity index (χ4n) is 2.14. The summed E-state index contributed by atoms with van der Waals surface area (Å²) < 4.78 is 10.5. The van der Waals surface area contributed by atoms with E-state index in [-0.39, 0.29) is 0 Å². The maximum atomic E-state index is 5.25. The van der Waals surface area contributed by atoms with Crippen LogP contribution in [0.5, 0.6) is 11.8 Å². The molecule has 0 spiro atoms. The summed E-state index contributed by atoms with van der Waals surface area (Å²) in [5, 5.41) is 3.34. The molecule has 0 radical (unpaired) electrons. The van der Waals surface area contributed by atoms with Gasteiger partial charge >= 0.3 is 0 Å². The summed E-state index contributed by atoms with van der Waals surface area (Å²) in [6.07, 6.45) is 4.20. The number of ether oxygens (including phenoxy) is 2. The van der Waals surface area contributed by atoms with Crippen LogP contribution in [0.3, 0.4) is 0 Å². The first kappa shape index (κ1) is 15.2. The Labute approximate surface area is 124 Å². The molecule has 1 N–H and O–H groups in total. The fraction of sp³-hybridized carbons (Fsp3) is 0.400. The second-order valence-corrected chi connectivity index (χ2v) is 4.44. The minimum atomic E-state index is 0.520. The lowest BCUT2D eigenvalue weighted by Gasteiger charge is -2.12. The maximum Gasteiger partial charge on any atom is 0.224 e. The van der Waals surface area contributed by atoms with Gasteiger partial charge in [0.1, 0.15) is 6.33 Å². The number of nitrogens with one attached hydrogen (secondary N) is 1. The molecule has 2 aromatic rings. The Kier molecular flexibility index (Phi) is 5.45. The van der Waals surface area contributed by atoms with E-state index in [2.05, 4.69) is 33.3 Å². The van der Waals surface area contributed by atoms with Gasteiger partial charge in [-0.05, 0) is 18.1 Å². The number of methoxy groups -OCH3 is 2. The van der Waals surface area contributed by atoms with Crippen LogP contribution >= 0.6 is 0 Å². The van der Waals surface area contributed by atoms with Crippen LogP contribution < -0.4 is 14.8 Å². The molecule has 0 aliphatic carbocycles. The molecule has 0 amide bonds. The first-order valence-electron chi connectivity index (χ1n) is 6.85. The first-order chi connectivity index (χ1) is 10.3. The number of aromatic nitrogens is 3. The predicted octanol–water partition coefficient (Wildman–Crippen LogP) is 1.74. The summed E-state index contributed by atoms with van der Waals surface area (Å²) in [5.41, 5.74) is 3.10. The molecule has 0 aromatic carbocycles. The molecule has 0 fully saturated rings. The average Bonchev–Trinajstić information content (AvgIpc) is 2.55. The van der Waals surface area contributed by atoms with Crippen molar-refractivity contribution >= 4 is 0 Å². The van der Waals surface area contributed by atoms with Gasteiger partial charge in [-0.1, -0.05) is 13.0 Å². The van der Waals surface area contributed by atoms with E-state index in [0.717, 1.165) is 17.7 Å². The molecule has 2 rings (SSSR count). The van der Waals surface area contributed by atoms with Crippen LogP contribution in [0, 0.1) is 0 Å². The molecular weight excluding hydrogens is 268 g/mol. The zero-order valence-electron chi connectivity index (χ0n) is 12.6. The van der Waals surface area contributed by atoms with Gasteiger partial charge in [0.05, 0.1) is 25.5 Å². The van der Waals surface area contributed by atoms with Gasteiger partial charge in [0, 0.05) is 19.3 Å². The van der Waals surface area contributed by atoms with Gasteiger partial charge in [0.15, 0.2) is 0 Å². The van der Waals surface area contributed by atoms with E-state index in [9.17, 15) is 0 Å². The summed E-state index contributed by atoms with van der Waals surface area (Å²) in [6, 6.07) is 4.05. The number of aryl methyl sites for hydroxylation is 1. The standard InChI is InChI=1S/C15H20N4O2/c1-4-11-6-5-7-17-13(11)9-16-8-12-14(20-2)18-10-19-15(12)21-3/h5-7,10,16H,4,8-9H2,1-3H3. The van der Waals surface area contributed by atoms with Crippen molar-refractivity contribution in [3.05, 3.63) is 41.5 Å². The topological polar surface area (TPSA) is 69.2 Å². The minimum absolute atomic E-state index is 0.520. The van der Waals surface area contributed by atoms with Crippen LogP contribution in [0.25, 0.3) is 0 Å². The van der Waals surface area contributed by atoms with E-state index in [0.29, 0.717) is 24.8 Å². The van der Waals surface area contributed by atoms with Crippen LogP contribution in [-0.4, -0.2) is 29.2 Å². The lowest BCUT2D eigenvalue weighted by Crippen LogP contribution is -2.17. The van der Waals surface area contributed by atoms with E-state index in [1.54, 1.807) is 14.2 Å². The van der Waals surface area contributed by atoms with E-state index in [1.165, 1.54) is 11.9 Å². The van der Waals surface area contributed by atoms with Gasteiger partial charge in [-0.3, -0.25) is 4.98 Å². The van der Waals surface area contributed by atoms with Gasteiger partial charge in [0.25, 0.3) is 0 Å². The molecule has 2 heterocycles. The van der Waals surface area contributed by atoms with Crippen LogP contribution in [0.15, 0.2) is 24.7 Å². The molecule has 0 atom stereocenters. The molecule has 6 heteroatoms. The predicted molar refractivity (Wildman–Crippen MR) is 79.3 cm³/mol. The monoisotopic (exact) mass is 288 g/mol. The second kappa shape index (κ2) is 7.54. The third kappa shape index (κ3) is 3.66. The van der Waals surface area contributed by atoms with Crippen LogP contribution in [0.2, 0.25) is 0 Å². The van der Waals surface area contributed by atoms with E-state index >= 15 is 0 Å². The smallest absolute Gasteiger partial charge is 0.224 e. The molecule has 0 aliphatic rings. The Morgan fingerprint density at radius 2 is 1.76 bits per heavy atom. The van der Waals surface area contributed by atoms with Gasteiger partial charge in [-0.2, -0.15) is 0 Å². The van der Waals surface area contributed by atoms with Crippen molar-refractivity contribution in [1.29, 1.82) is 0 Å². The van der Waals surface area contributed by atoms with E-state index in [1.807, 2.05) is 12.3 Å². The molecule has 21 heavy (non-hydrogen) atoms. The first-order valence-corrected chi connectivity index (χ1v) is 6.85. The zero-order valence-corrected chi connectivity index (χ0v) is 12.6. The number of pyridine rings is 1. The second-order valence-electron chi connectivity index (χ2n) is 4.44. The summed E-state index contributed by atoms with van der Waals surface area (Å²) >= 11 is 0. The Hall–Kier alpha value is -2.21. The highest BCUT2D eigenvalue weighted by molar-refractivity contribution is 5.34. The molecule has 2 aromatic heterocycles. The fourth-order valence-corrected chi connectivity index (χ4v) is 2.14. The van der Waals surface area contributed by atoms with Crippen LogP contribution in [0.1, 0.15) is 23.7 Å². The van der Waals surface area contributed by atoms with Gasteiger partial charge in [-0.25, -0.2) is 9.97 Å². The normalized spacial score (nSPS) is 10.4. The highest BCUT2D eigenvalue weighted by Crippen LogP contribution is 2.23. The molecule has 0 unspecified atom stereocenters. The quantitative estimate of drug-likeness (QED) is 0.837. The SMILES string of the molecule is CCc1cccnc1CNCc1c(OC)ncnc1OC. The Morgan fingerprint density at radius 3 is 2.38 bits per heavy atom. The van der Waals surface area contributed by atoms with Gasteiger partial charge in [-0.15, -0.1) is 0 Å². The molecule has 0 saturated carbocycles. The largest absolute Gasteiger partial charge is 0.481 e. The molecule has 112 valence electrons. The Bertz CT molecular complexity index is 567. The van der Waals surface area contributed by atoms with Crippen molar-refractivity contribution in [2.24, 2.45) is 0 Å². The zero-order chi connectivity index (χ0) is 15.1. The Balaban J connectivity index is 2.07. The number of hydrogen-bond donors (Lipinski definition) is 1. The third-order valence-electron chi connectivity index (χ3n) is 3.21. The molecule has 0 saturated heterocycles. The van der Waals surface area contributed by atoms with Crippen LogP contribution in [-0.2, 0) is 19.5 Å². The molecular formula is C15H20N4O2. The van der Waals surface area contributed by atoms with E-state index in [4.69, 9.17) is 9.47 Å². The number of rotatable bonds is 7. The van der Waals surface area contributed by atoms with Crippen molar-refractivity contribution < 1.29 is 9.47 Å². The van der Waals surface area contributed by atoms with Gasteiger partial charge in [0.2, 0.25) is 11.8 Å². The summed E-state index contributed by atoms with van der Waals surface area (Å²) in [7, 11) is 3.17. The van der Waals surface area contributed by atoms with Crippen molar-refractivity contribution in [2.45, 2.75) is 26.4 Å². The maximum absolute atomic E-state index is 5.25. The summed E-state index contributed by atoms with van der Waals surface area (Å²) in [4.78, 5) is 12.6. The third-order valence-corrected chi connectivity index (χ3v) is 3.21. The number of hydrogen-bond acceptors (Lipinski definition) is 6. The van der Waals surface area contributed by atoms with Crippen molar-refractivity contribution in [1.82, 2.24) is 20.3 Å². The molecule has 0 aliphatic heterocycles. The lowest BCUT2D eigenvalue weighted by molar-refractivity contribution is 0.359. The van der Waals surface area contributed by atoms with Gasteiger partial charge < -0.3 is 14.8 Å². The molecule has 0 bridgehead atoms. The van der Waals surface area contributed by atoms with Crippen molar-refractivity contribution in [2.75, 3.05) is 14.2 Å². The highest BCUT2D eigenvalue weighted by Gasteiger charge is 2.12. The summed E-state index contributed by atoms with van der Waals surface area (Å²) in [6.45, 7) is 3.34. The van der Waals surface area contributed by atoms with Crippen molar-refractivity contribution in [3.63, 3.8) is 0 Å². The molecule has 6 nitrogen and oxygen atoms in total. The number of nitrogens with zero attached hydrogens (tertiary/aromatic N) is 3. The Morgan fingerprint density at radius 1 is 1.05 bits per heavy atom. The lowest BCUT2D eigenvalue weighted by atomic mass is 10.1. The summed E-state index contributed by atoms with van der Waals surface area (Å²) in [5.74, 6) is 1.04. The average molecular weight is 288 g/mol.